The van der Waals surface area contributed by atoms with Crippen LogP contribution in [0, 0.1) is 0 Å². The van der Waals surface area contributed by atoms with Crippen LogP contribution in [0.25, 0.3) is 0 Å². The van der Waals surface area contributed by atoms with Gasteiger partial charge >= 0.3 is 5.69 Å². The van der Waals surface area contributed by atoms with Gasteiger partial charge < -0.3 is 4.90 Å². The van der Waals surface area contributed by atoms with Crippen LogP contribution < -0.4 is 11.2 Å². The maximum atomic E-state index is 11.9. The van der Waals surface area contributed by atoms with Crippen molar-refractivity contribution in [2.24, 2.45) is 0 Å². The second-order valence-corrected chi connectivity index (χ2v) is 4.69. The van der Waals surface area contributed by atoms with E-state index in [1.54, 1.807) is 0 Å². The van der Waals surface area contributed by atoms with Gasteiger partial charge in [0.15, 0.2) is 0 Å². The van der Waals surface area contributed by atoms with Crippen molar-refractivity contribution < 1.29 is 9.59 Å². The van der Waals surface area contributed by atoms with Crippen molar-refractivity contribution in [2.45, 2.75) is 19.4 Å². The molecule has 0 radical (unpaired) electrons. The predicted octanol–water partition coefficient (Wildman–Crippen LogP) is -0.619. The molecule has 1 saturated heterocycles. The van der Waals surface area contributed by atoms with E-state index in [1.807, 2.05) is 4.98 Å². The number of rotatable bonds is 2. The van der Waals surface area contributed by atoms with Gasteiger partial charge in [0, 0.05) is 32.1 Å². The largest absolute Gasteiger partial charge is 0.340 e. The van der Waals surface area contributed by atoms with E-state index < -0.39 is 11.2 Å². The molecular formula is C11H12ClN3O4. The van der Waals surface area contributed by atoms with E-state index in [9.17, 15) is 19.2 Å². The number of likely N-dealkylation sites (tertiary alicyclic amines) is 1. The highest BCUT2D eigenvalue weighted by Gasteiger charge is 2.21. The van der Waals surface area contributed by atoms with Gasteiger partial charge in [0.25, 0.3) is 5.56 Å². The molecule has 1 aromatic rings. The SMILES string of the molecule is O=C1CCN(C(=O)Cn2cc(Cl)c(=O)[nH]c2=O)CC1. The summed E-state index contributed by atoms with van der Waals surface area (Å²) in [7, 11) is 0. The van der Waals surface area contributed by atoms with Gasteiger partial charge in [0.2, 0.25) is 5.91 Å². The van der Waals surface area contributed by atoms with Crippen LogP contribution in [-0.4, -0.2) is 39.2 Å². The van der Waals surface area contributed by atoms with Crippen molar-refractivity contribution >= 4 is 23.3 Å². The molecule has 0 unspecified atom stereocenters. The van der Waals surface area contributed by atoms with Gasteiger partial charge in [0.05, 0.1) is 0 Å². The zero-order valence-electron chi connectivity index (χ0n) is 10.0. The number of aromatic amines is 1. The molecule has 102 valence electrons. The minimum Gasteiger partial charge on any atom is -0.340 e. The molecule has 19 heavy (non-hydrogen) atoms. The number of carbonyl (C=O) groups excluding carboxylic acids is 2. The van der Waals surface area contributed by atoms with Crippen molar-refractivity contribution in [2.75, 3.05) is 13.1 Å². The Balaban J connectivity index is 2.11. The maximum Gasteiger partial charge on any atom is 0.328 e. The number of nitrogens with one attached hydrogen (secondary N) is 1. The van der Waals surface area contributed by atoms with E-state index in [-0.39, 0.29) is 23.3 Å². The number of amides is 1. The highest BCUT2D eigenvalue weighted by atomic mass is 35.5. The summed E-state index contributed by atoms with van der Waals surface area (Å²) < 4.78 is 1.04. The lowest BCUT2D eigenvalue weighted by Crippen LogP contribution is -2.42. The zero-order valence-corrected chi connectivity index (χ0v) is 10.8. The van der Waals surface area contributed by atoms with Gasteiger partial charge in [0.1, 0.15) is 17.4 Å². The van der Waals surface area contributed by atoms with E-state index in [2.05, 4.69) is 0 Å². The zero-order chi connectivity index (χ0) is 14.0. The molecule has 0 saturated carbocycles. The Kier molecular flexibility index (Phi) is 3.84. The lowest BCUT2D eigenvalue weighted by Gasteiger charge is -2.26. The molecule has 1 fully saturated rings. The minimum absolute atomic E-state index is 0.133. The molecule has 0 spiro atoms. The molecule has 1 aliphatic heterocycles. The molecule has 0 atom stereocenters. The fourth-order valence-electron chi connectivity index (χ4n) is 1.85. The van der Waals surface area contributed by atoms with Gasteiger partial charge in [-0.05, 0) is 0 Å². The molecule has 1 amide bonds. The molecule has 7 nitrogen and oxygen atoms in total. The Bertz CT molecular complexity index is 624. The number of nitrogens with zero attached hydrogens (tertiary/aromatic N) is 2. The molecule has 0 bridgehead atoms. The summed E-state index contributed by atoms with van der Waals surface area (Å²) in [6, 6.07) is 0. The summed E-state index contributed by atoms with van der Waals surface area (Å²) in [5.74, 6) is -0.147. The van der Waals surface area contributed by atoms with Crippen LogP contribution in [0.5, 0.6) is 0 Å². The van der Waals surface area contributed by atoms with Crippen LogP contribution in [0.2, 0.25) is 5.02 Å². The lowest BCUT2D eigenvalue weighted by molar-refractivity contribution is -0.135. The third kappa shape index (κ3) is 3.11. The number of carbonyl (C=O) groups is 2. The molecule has 8 heteroatoms. The Morgan fingerprint density at radius 1 is 1.26 bits per heavy atom. The molecule has 0 aliphatic carbocycles. The number of piperidine rings is 1. The van der Waals surface area contributed by atoms with Crippen LogP contribution in [0.3, 0.4) is 0 Å². The van der Waals surface area contributed by atoms with E-state index in [4.69, 9.17) is 11.6 Å². The summed E-state index contributed by atoms with van der Waals surface area (Å²) in [5, 5.41) is -0.152. The Morgan fingerprint density at radius 2 is 1.89 bits per heavy atom. The summed E-state index contributed by atoms with van der Waals surface area (Å²) in [4.78, 5) is 49.1. The molecule has 2 rings (SSSR count). The van der Waals surface area contributed by atoms with Crippen molar-refractivity contribution in [3.8, 4) is 0 Å². The Morgan fingerprint density at radius 3 is 2.53 bits per heavy atom. The van der Waals surface area contributed by atoms with Gasteiger partial charge in [-0.25, -0.2) is 4.79 Å². The fourth-order valence-corrected chi connectivity index (χ4v) is 2.02. The number of aromatic nitrogens is 2. The van der Waals surface area contributed by atoms with Crippen molar-refractivity contribution in [3.63, 3.8) is 0 Å². The second-order valence-electron chi connectivity index (χ2n) is 4.28. The first-order chi connectivity index (χ1) is 8.97. The predicted molar refractivity (Wildman–Crippen MR) is 67.2 cm³/mol. The Hall–Kier alpha value is -1.89. The second kappa shape index (κ2) is 5.40. The first kappa shape index (κ1) is 13.5. The number of ketones is 1. The minimum atomic E-state index is -0.684. The quantitative estimate of drug-likeness (QED) is 0.784. The summed E-state index contributed by atoms with van der Waals surface area (Å²) >= 11 is 5.60. The van der Waals surface area contributed by atoms with Gasteiger partial charge in [-0.3, -0.25) is 23.9 Å². The third-order valence-electron chi connectivity index (χ3n) is 2.95. The van der Waals surface area contributed by atoms with Crippen molar-refractivity contribution in [1.82, 2.24) is 14.5 Å². The molecule has 0 aromatic carbocycles. The number of H-pyrrole nitrogens is 1. The maximum absolute atomic E-state index is 11.9. The Labute approximate surface area is 112 Å². The summed E-state index contributed by atoms with van der Waals surface area (Å²) in [5.41, 5.74) is -1.37. The van der Waals surface area contributed by atoms with Crippen molar-refractivity contribution in [3.05, 3.63) is 32.1 Å². The molecule has 1 N–H and O–H groups in total. The van der Waals surface area contributed by atoms with E-state index in [0.29, 0.717) is 25.9 Å². The standard InChI is InChI=1S/C11H12ClN3O4/c12-8-5-15(11(19)13-10(8)18)6-9(17)14-3-1-7(16)2-4-14/h5H,1-4,6H2,(H,13,18,19). The van der Waals surface area contributed by atoms with E-state index >= 15 is 0 Å². The number of hydrogen-bond acceptors (Lipinski definition) is 4. The normalized spacial score (nSPS) is 15.6. The smallest absolute Gasteiger partial charge is 0.328 e. The average molecular weight is 286 g/mol. The number of halogens is 1. The molecular weight excluding hydrogens is 274 g/mol. The van der Waals surface area contributed by atoms with Crippen LogP contribution >= 0.6 is 11.6 Å². The fraction of sp³-hybridized carbons (Fsp3) is 0.455. The topological polar surface area (TPSA) is 92.2 Å². The number of Topliss-reactive ketones (excluding diaryl/α,β-unsaturated/α-hetero) is 1. The van der Waals surface area contributed by atoms with Gasteiger partial charge in [-0.15, -0.1) is 0 Å². The monoisotopic (exact) mass is 285 g/mol. The van der Waals surface area contributed by atoms with Gasteiger partial charge in [-0.2, -0.15) is 0 Å². The van der Waals surface area contributed by atoms with Crippen molar-refractivity contribution in [1.29, 1.82) is 0 Å². The van der Waals surface area contributed by atoms with Gasteiger partial charge in [-0.1, -0.05) is 11.6 Å². The molecule has 2 heterocycles. The lowest BCUT2D eigenvalue weighted by atomic mass is 10.1. The summed E-state index contributed by atoms with van der Waals surface area (Å²) in [6.45, 7) is 0.524. The molecule has 1 aliphatic rings. The first-order valence-electron chi connectivity index (χ1n) is 5.76. The van der Waals surface area contributed by atoms with Crippen LogP contribution in [0.1, 0.15) is 12.8 Å². The summed E-state index contributed by atoms with van der Waals surface area (Å²) in [6.07, 6.45) is 1.82. The van der Waals surface area contributed by atoms with E-state index in [1.165, 1.54) is 4.90 Å². The molecule has 1 aromatic heterocycles. The van der Waals surface area contributed by atoms with Crippen LogP contribution in [-0.2, 0) is 16.1 Å². The average Bonchev–Trinajstić information content (AvgIpc) is 2.36. The van der Waals surface area contributed by atoms with E-state index in [0.717, 1.165) is 10.8 Å². The van der Waals surface area contributed by atoms with Crippen LogP contribution in [0.15, 0.2) is 15.8 Å². The third-order valence-corrected chi connectivity index (χ3v) is 3.22. The number of hydrogen-bond donors (Lipinski definition) is 1. The highest BCUT2D eigenvalue weighted by Crippen LogP contribution is 2.06. The highest BCUT2D eigenvalue weighted by molar-refractivity contribution is 6.30. The van der Waals surface area contributed by atoms with Crippen LogP contribution in [0.4, 0.5) is 0 Å². The first-order valence-corrected chi connectivity index (χ1v) is 6.14.